The highest BCUT2D eigenvalue weighted by molar-refractivity contribution is 7.87. The predicted molar refractivity (Wildman–Crippen MR) is 167 cm³/mol. The van der Waals surface area contributed by atoms with Gasteiger partial charge in [-0.25, -0.2) is 9.54 Å². The normalized spacial score (nSPS) is 16.9. The summed E-state index contributed by atoms with van der Waals surface area (Å²) in [5.41, 5.74) is 1.64. The van der Waals surface area contributed by atoms with Crippen LogP contribution in [0.15, 0.2) is 149 Å². The second-order valence-electron chi connectivity index (χ2n) is 10.2. The van der Waals surface area contributed by atoms with Gasteiger partial charge in [-0.2, -0.15) is 0 Å². The minimum atomic E-state index is -2.77. The minimum absolute atomic E-state index is 0.00110. The molecule has 4 aromatic carbocycles. The zero-order valence-electron chi connectivity index (χ0n) is 23.5. The van der Waals surface area contributed by atoms with Crippen molar-refractivity contribution >= 4 is 34.7 Å². The Bertz CT molecular complexity index is 1610. The monoisotopic (exact) mass is 573 g/mol. The average molecular weight is 574 g/mol. The molecule has 0 radical (unpaired) electrons. The fourth-order valence-corrected chi connectivity index (χ4v) is 9.33. The zero-order chi connectivity index (χ0) is 28.9. The Morgan fingerprint density at radius 2 is 1.29 bits per heavy atom. The second kappa shape index (κ2) is 12.2. The highest BCUT2D eigenvalue weighted by atomic mass is 31.2. The van der Waals surface area contributed by atoms with Crippen LogP contribution in [-0.2, 0) is 19.1 Å². The van der Waals surface area contributed by atoms with Gasteiger partial charge in [0, 0.05) is 34.3 Å². The first kappa shape index (κ1) is 27.7. The molecule has 210 valence electrons. The molecule has 0 fully saturated rings. The number of hydrogen-bond donors (Lipinski definition) is 0. The van der Waals surface area contributed by atoms with Crippen molar-refractivity contribution in [2.45, 2.75) is 32.1 Å². The number of carbonyl (C=O) groups excluding carboxylic acids is 2. The molecule has 1 heterocycles. The van der Waals surface area contributed by atoms with Gasteiger partial charge in [-0.05, 0) is 18.9 Å². The van der Waals surface area contributed by atoms with E-state index in [1.807, 2.05) is 84.9 Å². The van der Waals surface area contributed by atoms with E-state index in [-0.39, 0.29) is 23.8 Å². The molecule has 0 saturated carbocycles. The molecule has 1 atom stereocenters. The molecule has 4 aromatic rings. The Balaban J connectivity index is 1.74. The summed E-state index contributed by atoms with van der Waals surface area (Å²) >= 11 is 0. The first-order valence-electron chi connectivity index (χ1n) is 14.3. The number of ether oxygens (including phenoxy) is 2. The van der Waals surface area contributed by atoms with Gasteiger partial charge in [0.1, 0.15) is 11.3 Å². The molecule has 5 nitrogen and oxygen atoms in total. The fourth-order valence-electron chi connectivity index (χ4n) is 5.86. The van der Waals surface area contributed by atoms with Crippen LogP contribution in [-0.4, -0.2) is 18.4 Å². The van der Waals surface area contributed by atoms with Crippen LogP contribution in [0.25, 0.3) is 0 Å². The molecule has 0 spiro atoms. The summed E-state index contributed by atoms with van der Waals surface area (Å²) in [6.45, 7) is 1.97. The van der Waals surface area contributed by atoms with Crippen molar-refractivity contribution in [2.24, 2.45) is 4.74 Å². The van der Waals surface area contributed by atoms with Crippen LogP contribution in [0, 0.1) is 0 Å². The quantitative estimate of drug-likeness (QED) is 0.181. The summed E-state index contributed by atoms with van der Waals surface area (Å²) in [6, 6.07) is 40.3. The maximum Gasteiger partial charge on any atom is 0.340 e. The summed E-state index contributed by atoms with van der Waals surface area (Å²) in [4.78, 5) is 27.4. The largest absolute Gasteiger partial charge is 0.462 e. The summed E-state index contributed by atoms with van der Waals surface area (Å²) in [5, 5.41) is 3.08. The first-order valence-corrected chi connectivity index (χ1v) is 16.1. The first-order chi connectivity index (χ1) is 20.6. The highest BCUT2D eigenvalue weighted by Crippen LogP contribution is 2.52. The lowest BCUT2D eigenvalue weighted by molar-refractivity contribution is -0.139. The number of nitrogens with zero attached hydrogens (tertiary/aromatic N) is 1. The number of hydrogen-bond acceptors (Lipinski definition) is 5. The molecule has 0 saturated heterocycles. The molecule has 6 rings (SSSR count). The molecule has 0 bridgehead atoms. The van der Waals surface area contributed by atoms with Gasteiger partial charge in [0.15, 0.2) is 5.78 Å². The van der Waals surface area contributed by atoms with E-state index in [2.05, 4.69) is 36.4 Å². The second-order valence-corrected chi connectivity index (χ2v) is 13.3. The third-order valence-corrected chi connectivity index (χ3v) is 11.3. The van der Waals surface area contributed by atoms with Gasteiger partial charge in [-0.15, -0.1) is 0 Å². The van der Waals surface area contributed by atoms with E-state index < -0.39 is 18.9 Å². The summed E-state index contributed by atoms with van der Waals surface area (Å²) in [6.07, 6.45) is 1.72. The SMILES string of the molecule is CCOC(=O)C1=C(N=P(c2ccccc2)(c2ccccc2)c2ccccc2)OC2=C(C(=O)CCC2)C1c1ccccc1. The van der Waals surface area contributed by atoms with Gasteiger partial charge in [0.25, 0.3) is 0 Å². The van der Waals surface area contributed by atoms with Crippen molar-refractivity contribution in [3.8, 4) is 0 Å². The van der Waals surface area contributed by atoms with E-state index in [1.165, 1.54) is 0 Å². The van der Waals surface area contributed by atoms with E-state index in [0.29, 0.717) is 30.6 Å². The van der Waals surface area contributed by atoms with Gasteiger partial charge >= 0.3 is 5.97 Å². The topological polar surface area (TPSA) is 65.0 Å². The molecule has 2 aliphatic rings. The lowest BCUT2D eigenvalue weighted by atomic mass is 9.77. The molecular formula is C36H32NO4P. The Kier molecular flexibility index (Phi) is 8.03. The number of rotatable bonds is 7. The number of benzene rings is 4. The lowest BCUT2D eigenvalue weighted by Gasteiger charge is -2.34. The van der Waals surface area contributed by atoms with E-state index in [0.717, 1.165) is 21.5 Å². The van der Waals surface area contributed by atoms with Crippen LogP contribution in [0.1, 0.15) is 37.7 Å². The minimum Gasteiger partial charge on any atom is -0.462 e. The van der Waals surface area contributed by atoms with E-state index in [1.54, 1.807) is 6.92 Å². The Labute approximate surface area is 246 Å². The molecule has 0 amide bonds. The van der Waals surface area contributed by atoms with E-state index >= 15 is 0 Å². The van der Waals surface area contributed by atoms with Crippen molar-refractivity contribution in [1.29, 1.82) is 0 Å². The predicted octanol–water partition coefficient (Wildman–Crippen LogP) is 6.76. The molecule has 1 aliphatic carbocycles. The van der Waals surface area contributed by atoms with Crippen LogP contribution in [0.3, 0.4) is 0 Å². The maximum absolute atomic E-state index is 13.9. The number of esters is 1. The Hall–Kier alpha value is -4.47. The molecule has 0 aromatic heterocycles. The van der Waals surface area contributed by atoms with Gasteiger partial charge in [-0.1, -0.05) is 121 Å². The molecule has 6 heteroatoms. The van der Waals surface area contributed by atoms with Crippen molar-refractivity contribution in [2.75, 3.05) is 6.61 Å². The molecular weight excluding hydrogens is 541 g/mol. The smallest absolute Gasteiger partial charge is 0.340 e. The van der Waals surface area contributed by atoms with Crippen molar-refractivity contribution in [3.63, 3.8) is 0 Å². The Morgan fingerprint density at radius 1 is 0.786 bits per heavy atom. The van der Waals surface area contributed by atoms with Gasteiger partial charge in [0.2, 0.25) is 5.88 Å². The van der Waals surface area contributed by atoms with Crippen LogP contribution >= 0.6 is 7.05 Å². The van der Waals surface area contributed by atoms with E-state index in [9.17, 15) is 9.59 Å². The van der Waals surface area contributed by atoms with Gasteiger partial charge in [0.05, 0.1) is 19.6 Å². The average Bonchev–Trinajstić information content (AvgIpc) is 3.05. The molecule has 42 heavy (non-hydrogen) atoms. The third-order valence-electron chi connectivity index (χ3n) is 7.69. The number of allylic oxidation sites excluding steroid dienone is 2. The third kappa shape index (κ3) is 5.06. The lowest BCUT2D eigenvalue weighted by Crippen LogP contribution is -2.30. The number of ketones is 1. The molecule has 0 N–H and O–H groups in total. The number of carbonyl (C=O) groups is 2. The summed E-state index contributed by atoms with van der Waals surface area (Å²) in [5.74, 6) is -0.340. The standard InChI is InChI=1S/C36H32NO4P/c1-2-40-36(39)34-32(26-16-7-3-8-17-26)33-30(38)24-15-25-31(33)41-35(34)37-42(27-18-9-4-10-19-27,28-20-11-5-12-21-28)29-22-13-6-14-23-29/h3-14,16-23,32H,2,15,24-25H2,1H3. The molecule has 1 aliphatic heterocycles. The van der Waals surface area contributed by atoms with Crippen LogP contribution in [0.4, 0.5) is 0 Å². The van der Waals surface area contributed by atoms with Crippen LogP contribution in [0.2, 0.25) is 0 Å². The fraction of sp³-hybridized carbons (Fsp3) is 0.167. The van der Waals surface area contributed by atoms with E-state index in [4.69, 9.17) is 14.2 Å². The number of Topliss-reactive ketones (excluding diaryl/α,β-unsaturated/α-hetero) is 1. The Morgan fingerprint density at radius 3 is 1.79 bits per heavy atom. The summed E-state index contributed by atoms with van der Waals surface area (Å²) < 4.78 is 17.8. The maximum atomic E-state index is 13.9. The highest BCUT2D eigenvalue weighted by Gasteiger charge is 2.43. The zero-order valence-corrected chi connectivity index (χ0v) is 24.4. The van der Waals surface area contributed by atoms with Crippen LogP contribution < -0.4 is 15.9 Å². The van der Waals surface area contributed by atoms with Gasteiger partial charge in [-0.3, -0.25) is 4.79 Å². The van der Waals surface area contributed by atoms with Crippen molar-refractivity contribution in [1.82, 2.24) is 0 Å². The van der Waals surface area contributed by atoms with Crippen molar-refractivity contribution in [3.05, 3.63) is 150 Å². The molecule has 1 unspecified atom stereocenters. The van der Waals surface area contributed by atoms with Crippen LogP contribution in [0.5, 0.6) is 0 Å². The summed E-state index contributed by atoms with van der Waals surface area (Å²) in [7, 11) is -2.77. The van der Waals surface area contributed by atoms with Crippen molar-refractivity contribution < 1.29 is 19.1 Å². The van der Waals surface area contributed by atoms with Gasteiger partial charge < -0.3 is 9.47 Å².